The molecule has 0 aliphatic carbocycles. The molecular formula is C18H32IN3O2. The molecule has 1 aromatic carbocycles. The lowest BCUT2D eigenvalue weighted by Crippen LogP contribution is -2.42. The average Bonchev–Trinajstić information content (AvgIpc) is 2.58. The van der Waals surface area contributed by atoms with Crippen LogP contribution in [0.3, 0.4) is 0 Å². The van der Waals surface area contributed by atoms with E-state index in [0.29, 0.717) is 19.3 Å². The Labute approximate surface area is 163 Å². The van der Waals surface area contributed by atoms with E-state index < -0.39 is 0 Å². The Balaban J connectivity index is 0.00000529. The van der Waals surface area contributed by atoms with Crippen molar-refractivity contribution in [3.8, 4) is 5.75 Å². The molecule has 0 heterocycles. The summed E-state index contributed by atoms with van der Waals surface area (Å²) in [5, 5.41) is 6.64. The number of hydrogen-bond donors (Lipinski definition) is 2. The molecule has 1 rings (SSSR count). The van der Waals surface area contributed by atoms with E-state index in [1.165, 1.54) is 0 Å². The van der Waals surface area contributed by atoms with E-state index in [1.54, 1.807) is 7.11 Å². The zero-order valence-corrected chi connectivity index (χ0v) is 17.6. The van der Waals surface area contributed by atoms with Crippen LogP contribution in [-0.4, -0.2) is 38.8 Å². The number of aliphatic imine (C=N–C) groups is 1. The van der Waals surface area contributed by atoms with Crippen molar-refractivity contribution in [1.82, 2.24) is 10.6 Å². The molecule has 138 valence electrons. The largest absolute Gasteiger partial charge is 0.497 e. The molecule has 0 spiro atoms. The highest BCUT2D eigenvalue weighted by molar-refractivity contribution is 14.0. The van der Waals surface area contributed by atoms with Gasteiger partial charge in [-0.3, -0.25) is 4.99 Å². The maximum absolute atomic E-state index is 5.69. The van der Waals surface area contributed by atoms with Crippen molar-refractivity contribution in [2.24, 2.45) is 4.99 Å². The molecule has 1 aromatic rings. The predicted molar refractivity (Wildman–Crippen MR) is 112 cm³/mol. The van der Waals surface area contributed by atoms with Crippen molar-refractivity contribution in [2.45, 2.75) is 46.3 Å². The molecule has 2 N–H and O–H groups in total. The maximum atomic E-state index is 5.69. The summed E-state index contributed by atoms with van der Waals surface area (Å²) >= 11 is 0. The van der Waals surface area contributed by atoms with Gasteiger partial charge in [-0.2, -0.15) is 0 Å². The maximum Gasteiger partial charge on any atom is 0.191 e. The van der Waals surface area contributed by atoms with Crippen LogP contribution in [-0.2, 0) is 11.3 Å². The lowest BCUT2D eigenvalue weighted by Gasteiger charge is -2.16. The van der Waals surface area contributed by atoms with E-state index in [2.05, 4.69) is 36.4 Å². The molecule has 0 saturated heterocycles. The second kappa shape index (κ2) is 14.3. The number of ether oxygens (including phenoxy) is 2. The van der Waals surface area contributed by atoms with Gasteiger partial charge in [0.05, 0.1) is 13.7 Å². The molecule has 0 bridgehead atoms. The lowest BCUT2D eigenvalue weighted by atomic mass is 10.2. The van der Waals surface area contributed by atoms with Gasteiger partial charge in [0.2, 0.25) is 0 Å². The first-order valence-corrected chi connectivity index (χ1v) is 8.45. The van der Waals surface area contributed by atoms with Crippen LogP contribution in [0.1, 0.15) is 39.2 Å². The smallest absolute Gasteiger partial charge is 0.191 e. The highest BCUT2D eigenvalue weighted by Crippen LogP contribution is 2.11. The van der Waals surface area contributed by atoms with Crippen LogP contribution in [0.5, 0.6) is 5.75 Å². The number of benzene rings is 1. The summed E-state index contributed by atoms with van der Waals surface area (Å²) in [5.74, 6) is 1.75. The summed E-state index contributed by atoms with van der Waals surface area (Å²) in [6.45, 7) is 9.35. The normalized spacial score (nSPS) is 12.2. The van der Waals surface area contributed by atoms with Crippen molar-refractivity contribution in [2.75, 3.05) is 26.8 Å². The van der Waals surface area contributed by atoms with E-state index in [-0.39, 0.29) is 24.0 Å². The number of methoxy groups -OCH3 is 1. The van der Waals surface area contributed by atoms with Crippen LogP contribution in [0.2, 0.25) is 0 Å². The molecule has 0 aromatic heterocycles. The van der Waals surface area contributed by atoms with Gasteiger partial charge in [0.15, 0.2) is 5.96 Å². The minimum absolute atomic E-state index is 0. The van der Waals surface area contributed by atoms with Gasteiger partial charge in [-0.1, -0.05) is 19.1 Å². The molecule has 1 atom stereocenters. The SMILES string of the molecule is CCNC(=NCCCOCc1ccc(OC)cc1)NC(C)CC.I. The molecule has 6 heteroatoms. The van der Waals surface area contributed by atoms with Crippen LogP contribution in [0.15, 0.2) is 29.3 Å². The molecule has 5 nitrogen and oxygen atoms in total. The van der Waals surface area contributed by atoms with E-state index in [4.69, 9.17) is 9.47 Å². The minimum Gasteiger partial charge on any atom is -0.497 e. The fraction of sp³-hybridized carbons (Fsp3) is 0.611. The summed E-state index contributed by atoms with van der Waals surface area (Å²) in [6, 6.07) is 8.38. The van der Waals surface area contributed by atoms with Crippen LogP contribution in [0.25, 0.3) is 0 Å². The van der Waals surface area contributed by atoms with Gasteiger partial charge < -0.3 is 20.1 Å². The number of nitrogens with one attached hydrogen (secondary N) is 2. The van der Waals surface area contributed by atoms with Crippen LogP contribution < -0.4 is 15.4 Å². The van der Waals surface area contributed by atoms with Gasteiger partial charge in [0, 0.05) is 25.7 Å². The Hall–Kier alpha value is -1.02. The molecule has 0 aliphatic heterocycles. The number of hydrogen-bond acceptors (Lipinski definition) is 3. The second-order valence-electron chi connectivity index (χ2n) is 5.47. The van der Waals surface area contributed by atoms with Crippen molar-refractivity contribution < 1.29 is 9.47 Å². The summed E-state index contributed by atoms with van der Waals surface area (Å²) in [6.07, 6.45) is 1.99. The number of guanidine groups is 1. The number of halogens is 1. The third-order valence-corrected chi connectivity index (χ3v) is 3.48. The summed E-state index contributed by atoms with van der Waals surface area (Å²) in [5.41, 5.74) is 1.15. The Morgan fingerprint density at radius 1 is 1.21 bits per heavy atom. The highest BCUT2D eigenvalue weighted by Gasteiger charge is 2.01. The third kappa shape index (κ3) is 9.97. The summed E-state index contributed by atoms with van der Waals surface area (Å²) in [4.78, 5) is 4.57. The van der Waals surface area contributed by atoms with Crippen LogP contribution in [0.4, 0.5) is 0 Å². The Morgan fingerprint density at radius 3 is 2.50 bits per heavy atom. The zero-order chi connectivity index (χ0) is 16.9. The van der Waals surface area contributed by atoms with E-state index in [0.717, 1.165) is 43.2 Å². The molecule has 0 fully saturated rings. The predicted octanol–water partition coefficient (Wildman–Crippen LogP) is 3.57. The van der Waals surface area contributed by atoms with Gasteiger partial charge >= 0.3 is 0 Å². The average molecular weight is 449 g/mol. The van der Waals surface area contributed by atoms with Crippen molar-refractivity contribution in [3.63, 3.8) is 0 Å². The third-order valence-electron chi connectivity index (χ3n) is 3.48. The van der Waals surface area contributed by atoms with Crippen LogP contribution in [0, 0.1) is 0 Å². The molecule has 0 aliphatic rings. The van der Waals surface area contributed by atoms with Gasteiger partial charge in [-0.25, -0.2) is 0 Å². The molecular weight excluding hydrogens is 417 g/mol. The van der Waals surface area contributed by atoms with E-state index in [9.17, 15) is 0 Å². The molecule has 24 heavy (non-hydrogen) atoms. The first-order valence-electron chi connectivity index (χ1n) is 8.45. The first kappa shape index (κ1) is 23.0. The Morgan fingerprint density at radius 2 is 1.92 bits per heavy atom. The van der Waals surface area contributed by atoms with E-state index in [1.807, 2.05) is 24.3 Å². The monoisotopic (exact) mass is 449 g/mol. The molecule has 1 unspecified atom stereocenters. The first-order chi connectivity index (χ1) is 11.2. The van der Waals surface area contributed by atoms with Crippen LogP contribution >= 0.6 is 24.0 Å². The topological polar surface area (TPSA) is 54.9 Å². The van der Waals surface area contributed by atoms with Crippen molar-refractivity contribution >= 4 is 29.9 Å². The molecule has 0 amide bonds. The Bertz CT molecular complexity index is 452. The fourth-order valence-corrected chi connectivity index (χ4v) is 1.92. The number of nitrogens with zero attached hydrogens (tertiary/aromatic N) is 1. The zero-order valence-electron chi connectivity index (χ0n) is 15.3. The quantitative estimate of drug-likeness (QED) is 0.248. The minimum atomic E-state index is 0. The highest BCUT2D eigenvalue weighted by atomic mass is 127. The second-order valence-corrected chi connectivity index (χ2v) is 5.47. The lowest BCUT2D eigenvalue weighted by molar-refractivity contribution is 0.120. The summed E-state index contributed by atoms with van der Waals surface area (Å²) in [7, 11) is 1.67. The van der Waals surface area contributed by atoms with Crippen molar-refractivity contribution in [3.05, 3.63) is 29.8 Å². The van der Waals surface area contributed by atoms with Gasteiger partial charge in [-0.05, 0) is 44.4 Å². The Kier molecular flexibility index (Phi) is 13.7. The number of rotatable bonds is 10. The standard InChI is InChI=1S/C18H31N3O2.HI/c1-5-15(3)21-18(19-6-2)20-12-7-13-23-14-16-8-10-17(22-4)11-9-16;/h8-11,15H,5-7,12-14H2,1-4H3,(H2,19,20,21);1H. The van der Waals surface area contributed by atoms with Crippen molar-refractivity contribution in [1.29, 1.82) is 0 Å². The van der Waals surface area contributed by atoms with Gasteiger partial charge in [0.25, 0.3) is 0 Å². The molecule has 0 saturated carbocycles. The fourth-order valence-electron chi connectivity index (χ4n) is 1.92. The van der Waals surface area contributed by atoms with Gasteiger partial charge in [0.1, 0.15) is 5.75 Å². The van der Waals surface area contributed by atoms with E-state index >= 15 is 0 Å². The molecule has 0 radical (unpaired) electrons. The summed E-state index contributed by atoms with van der Waals surface area (Å²) < 4.78 is 10.8. The van der Waals surface area contributed by atoms with Gasteiger partial charge in [-0.15, -0.1) is 24.0 Å².